The first kappa shape index (κ1) is 15.8. The third-order valence-electron chi connectivity index (χ3n) is 2.91. The number of nitro groups is 1. The standard InChI is InChI=1S/C14H13NO6S/c1-10-6-5-7-11(15(16)17)14(10)22(18,19)21-13-9-4-3-8-12(13)20-2/h3-9H,1-2H3. The highest BCUT2D eigenvalue weighted by Crippen LogP contribution is 2.33. The normalized spacial score (nSPS) is 11.0. The number of hydrogen-bond acceptors (Lipinski definition) is 6. The fraction of sp³-hybridized carbons (Fsp3) is 0.143. The van der Waals surface area contributed by atoms with E-state index in [4.69, 9.17) is 8.92 Å². The lowest BCUT2D eigenvalue weighted by molar-refractivity contribution is -0.388. The second kappa shape index (κ2) is 6.02. The summed E-state index contributed by atoms with van der Waals surface area (Å²) in [6, 6.07) is 10.1. The van der Waals surface area contributed by atoms with Gasteiger partial charge < -0.3 is 8.92 Å². The molecule has 0 bridgehead atoms. The van der Waals surface area contributed by atoms with Crippen LogP contribution in [-0.4, -0.2) is 20.5 Å². The van der Waals surface area contributed by atoms with Crippen molar-refractivity contribution in [2.45, 2.75) is 11.8 Å². The molecule has 116 valence electrons. The third-order valence-corrected chi connectivity index (χ3v) is 4.34. The van der Waals surface area contributed by atoms with Crippen molar-refractivity contribution in [1.29, 1.82) is 0 Å². The average Bonchev–Trinajstić information content (AvgIpc) is 2.46. The van der Waals surface area contributed by atoms with Crippen LogP contribution in [0.1, 0.15) is 5.56 Å². The van der Waals surface area contributed by atoms with Crippen molar-refractivity contribution in [3.8, 4) is 11.5 Å². The van der Waals surface area contributed by atoms with Crippen LogP contribution in [0.25, 0.3) is 0 Å². The van der Waals surface area contributed by atoms with Crippen molar-refractivity contribution in [3.63, 3.8) is 0 Å². The average molecular weight is 323 g/mol. The molecule has 0 aromatic heterocycles. The molecule has 0 heterocycles. The van der Waals surface area contributed by atoms with Gasteiger partial charge >= 0.3 is 10.1 Å². The van der Waals surface area contributed by atoms with Crippen LogP contribution >= 0.6 is 0 Å². The van der Waals surface area contributed by atoms with Crippen LogP contribution in [0.5, 0.6) is 11.5 Å². The number of para-hydroxylation sites is 2. The highest BCUT2D eigenvalue weighted by molar-refractivity contribution is 7.87. The van der Waals surface area contributed by atoms with Crippen LogP contribution in [0.2, 0.25) is 0 Å². The van der Waals surface area contributed by atoms with Crippen LogP contribution < -0.4 is 8.92 Å². The number of aryl methyl sites for hydroxylation is 1. The number of nitro benzene ring substituents is 1. The molecule has 0 atom stereocenters. The molecule has 0 aliphatic rings. The van der Waals surface area contributed by atoms with Gasteiger partial charge in [0.2, 0.25) is 0 Å². The summed E-state index contributed by atoms with van der Waals surface area (Å²) in [4.78, 5) is 9.83. The van der Waals surface area contributed by atoms with Gasteiger partial charge in [-0.05, 0) is 24.6 Å². The topological polar surface area (TPSA) is 95.7 Å². The zero-order valence-corrected chi connectivity index (χ0v) is 12.7. The Labute approximate surface area is 127 Å². The van der Waals surface area contributed by atoms with Crippen molar-refractivity contribution in [2.75, 3.05) is 7.11 Å². The molecule has 8 heteroatoms. The maximum atomic E-state index is 12.4. The minimum atomic E-state index is -4.37. The molecule has 2 aromatic rings. The largest absolute Gasteiger partial charge is 0.493 e. The molecule has 0 amide bonds. The molecule has 7 nitrogen and oxygen atoms in total. The van der Waals surface area contributed by atoms with Gasteiger partial charge in [-0.1, -0.05) is 24.3 Å². The lowest BCUT2D eigenvalue weighted by Gasteiger charge is -2.11. The molecule has 0 saturated carbocycles. The Bertz CT molecular complexity index is 816. The van der Waals surface area contributed by atoms with E-state index in [1.165, 1.54) is 38.3 Å². The van der Waals surface area contributed by atoms with E-state index >= 15 is 0 Å². The lowest BCUT2D eigenvalue weighted by atomic mass is 10.2. The maximum absolute atomic E-state index is 12.4. The molecule has 0 saturated heterocycles. The summed E-state index contributed by atoms with van der Waals surface area (Å²) in [6.45, 7) is 1.46. The van der Waals surface area contributed by atoms with Gasteiger partial charge in [-0.25, -0.2) is 0 Å². The van der Waals surface area contributed by atoms with E-state index in [2.05, 4.69) is 0 Å². The number of methoxy groups -OCH3 is 1. The first-order chi connectivity index (χ1) is 10.4. The van der Waals surface area contributed by atoms with E-state index in [0.29, 0.717) is 0 Å². The molecule has 2 rings (SSSR count). The summed E-state index contributed by atoms with van der Waals surface area (Å²) in [5.74, 6) is 0.171. The Hall–Kier alpha value is -2.61. The van der Waals surface area contributed by atoms with Gasteiger partial charge in [0.25, 0.3) is 5.69 Å². The highest BCUT2D eigenvalue weighted by atomic mass is 32.2. The van der Waals surface area contributed by atoms with E-state index in [9.17, 15) is 18.5 Å². The fourth-order valence-electron chi connectivity index (χ4n) is 1.95. The molecule has 0 unspecified atom stereocenters. The summed E-state index contributed by atoms with van der Waals surface area (Å²) >= 11 is 0. The van der Waals surface area contributed by atoms with Crippen molar-refractivity contribution in [3.05, 3.63) is 58.1 Å². The van der Waals surface area contributed by atoms with Gasteiger partial charge in [-0.15, -0.1) is 0 Å². The summed E-state index contributed by atoms with van der Waals surface area (Å²) < 4.78 is 34.9. The quantitative estimate of drug-likeness (QED) is 0.477. The van der Waals surface area contributed by atoms with Crippen LogP contribution in [0.4, 0.5) is 5.69 Å². The smallest absolute Gasteiger partial charge is 0.346 e. The van der Waals surface area contributed by atoms with E-state index in [0.717, 1.165) is 6.07 Å². The summed E-state index contributed by atoms with van der Waals surface area (Å²) in [5, 5.41) is 11.1. The van der Waals surface area contributed by atoms with E-state index in [1.807, 2.05) is 0 Å². The predicted molar refractivity (Wildman–Crippen MR) is 78.6 cm³/mol. The van der Waals surface area contributed by atoms with Gasteiger partial charge in [-0.3, -0.25) is 10.1 Å². The Morgan fingerprint density at radius 3 is 2.27 bits per heavy atom. The third kappa shape index (κ3) is 3.01. The summed E-state index contributed by atoms with van der Waals surface area (Å²) in [7, 11) is -3.01. The minimum absolute atomic E-state index is 0.0393. The number of rotatable bonds is 5. The molecule has 0 aliphatic heterocycles. The van der Waals surface area contributed by atoms with Crippen LogP contribution in [0.15, 0.2) is 47.4 Å². The minimum Gasteiger partial charge on any atom is -0.493 e. The lowest BCUT2D eigenvalue weighted by Crippen LogP contribution is -2.14. The van der Waals surface area contributed by atoms with E-state index in [1.54, 1.807) is 12.1 Å². The summed E-state index contributed by atoms with van der Waals surface area (Å²) in [5.41, 5.74) is -0.306. The number of hydrogen-bond donors (Lipinski definition) is 0. The number of ether oxygens (including phenoxy) is 1. The SMILES string of the molecule is COc1ccccc1OS(=O)(=O)c1c(C)cccc1[N+](=O)[O-]. The van der Waals surface area contributed by atoms with Crippen LogP contribution in [0.3, 0.4) is 0 Å². The van der Waals surface area contributed by atoms with Gasteiger partial charge in [0.05, 0.1) is 12.0 Å². The fourth-order valence-corrected chi connectivity index (χ4v) is 3.27. The molecule has 0 radical (unpaired) electrons. The second-order valence-corrected chi connectivity index (χ2v) is 5.85. The van der Waals surface area contributed by atoms with Gasteiger partial charge in [0, 0.05) is 6.07 Å². The summed E-state index contributed by atoms with van der Waals surface area (Å²) in [6.07, 6.45) is 0. The predicted octanol–water partition coefficient (Wildman–Crippen LogP) is 2.68. The Morgan fingerprint density at radius 1 is 1.05 bits per heavy atom. The molecule has 0 fully saturated rings. The monoisotopic (exact) mass is 323 g/mol. The zero-order chi connectivity index (χ0) is 16.3. The Morgan fingerprint density at radius 2 is 1.68 bits per heavy atom. The van der Waals surface area contributed by atoms with Crippen molar-refractivity contribution in [2.24, 2.45) is 0 Å². The first-order valence-electron chi connectivity index (χ1n) is 6.18. The number of benzene rings is 2. The first-order valence-corrected chi connectivity index (χ1v) is 7.59. The molecule has 22 heavy (non-hydrogen) atoms. The van der Waals surface area contributed by atoms with Gasteiger partial charge in [0.1, 0.15) is 0 Å². The van der Waals surface area contributed by atoms with Crippen molar-refractivity contribution >= 4 is 15.8 Å². The molecule has 0 N–H and O–H groups in total. The Kier molecular flexibility index (Phi) is 4.32. The molecule has 2 aromatic carbocycles. The molecule has 0 spiro atoms. The second-order valence-electron chi connectivity index (χ2n) is 4.37. The van der Waals surface area contributed by atoms with Crippen LogP contribution in [0, 0.1) is 17.0 Å². The van der Waals surface area contributed by atoms with Gasteiger partial charge in [0.15, 0.2) is 16.4 Å². The van der Waals surface area contributed by atoms with Crippen molar-refractivity contribution < 1.29 is 22.3 Å². The van der Waals surface area contributed by atoms with Crippen LogP contribution in [-0.2, 0) is 10.1 Å². The van der Waals surface area contributed by atoms with E-state index in [-0.39, 0.29) is 17.1 Å². The van der Waals surface area contributed by atoms with Gasteiger partial charge in [-0.2, -0.15) is 8.42 Å². The maximum Gasteiger partial charge on any atom is 0.346 e. The number of nitrogens with zero attached hydrogens (tertiary/aromatic N) is 1. The molecular formula is C14H13NO6S. The molecular weight excluding hydrogens is 310 g/mol. The van der Waals surface area contributed by atoms with Crippen molar-refractivity contribution in [1.82, 2.24) is 0 Å². The van der Waals surface area contributed by atoms with E-state index < -0.39 is 25.6 Å². The zero-order valence-electron chi connectivity index (χ0n) is 11.8. The molecule has 0 aliphatic carbocycles. The Balaban J connectivity index is 2.55. The highest BCUT2D eigenvalue weighted by Gasteiger charge is 2.30.